The molecule has 10 heteroatoms. The zero-order valence-electron chi connectivity index (χ0n) is 25.8. The Hall–Kier alpha value is -3.24. The van der Waals surface area contributed by atoms with E-state index in [0.717, 1.165) is 77.0 Å². The second-order valence-electron chi connectivity index (χ2n) is 11.7. The summed E-state index contributed by atoms with van der Waals surface area (Å²) >= 11 is 0. The Kier molecular flexibility index (Phi) is 13.0. The van der Waals surface area contributed by atoms with Gasteiger partial charge in [-0.25, -0.2) is 4.68 Å². The van der Waals surface area contributed by atoms with Crippen molar-refractivity contribution in [1.82, 2.24) is 20.4 Å². The van der Waals surface area contributed by atoms with E-state index >= 15 is 0 Å². The average molecular weight is 596 g/mol. The monoisotopic (exact) mass is 595 g/mol. The molecule has 1 heterocycles. The number of anilines is 1. The number of amides is 3. The fraction of sp³-hybridized carbons (Fsp3) is 0.636. The van der Waals surface area contributed by atoms with Gasteiger partial charge in [0.2, 0.25) is 5.91 Å². The first-order valence-corrected chi connectivity index (χ1v) is 16.3. The zero-order valence-corrected chi connectivity index (χ0v) is 25.8. The number of unbranched alkanes of at least 4 members (excludes halogenated alkanes) is 2. The van der Waals surface area contributed by atoms with Crippen LogP contribution < -0.4 is 16.0 Å². The maximum Gasteiger partial charge on any atom is 0.269 e. The van der Waals surface area contributed by atoms with Gasteiger partial charge in [0.05, 0.1) is 24.3 Å². The summed E-state index contributed by atoms with van der Waals surface area (Å²) in [4.78, 5) is 39.8. The molecular formula is C33H49N5O5. The Morgan fingerprint density at radius 3 is 2.00 bits per heavy atom. The van der Waals surface area contributed by atoms with Crippen molar-refractivity contribution in [1.29, 1.82) is 0 Å². The molecule has 2 aliphatic carbocycles. The van der Waals surface area contributed by atoms with E-state index in [1.54, 1.807) is 24.3 Å². The van der Waals surface area contributed by atoms with Gasteiger partial charge in [0.25, 0.3) is 11.8 Å². The molecule has 0 saturated heterocycles. The molecule has 2 saturated carbocycles. The minimum Gasteiger partial charge on any atom is -0.376 e. The molecular weight excluding hydrogens is 546 g/mol. The molecule has 0 bridgehead atoms. The molecule has 43 heavy (non-hydrogen) atoms. The molecule has 236 valence electrons. The third-order valence-electron chi connectivity index (χ3n) is 8.31. The highest BCUT2D eigenvalue weighted by Crippen LogP contribution is 2.24. The van der Waals surface area contributed by atoms with E-state index in [-0.39, 0.29) is 60.1 Å². The predicted octanol–water partition coefficient (Wildman–Crippen LogP) is 5.24. The van der Waals surface area contributed by atoms with Gasteiger partial charge in [-0.3, -0.25) is 14.4 Å². The van der Waals surface area contributed by atoms with Gasteiger partial charge in [0.1, 0.15) is 12.2 Å². The number of benzene rings is 1. The van der Waals surface area contributed by atoms with Crippen molar-refractivity contribution in [2.75, 3.05) is 18.5 Å². The summed E-state index contributed by atoms with van der Waals surface area (Å²) in [6.45, 7) is 5.47. The molecule has 4 atom stereocenters. The van der Waals surface area contributed by atoms with Crippen molar-refractivity contribution >= 4 is 23.5 Å². The third-order valence-corrected chi connectivity index (χ3v) is 8.31. The first-order chi connectivity index (χ1) is 21.0. The van der Waals surface area contributed by atoms with Crippen LogP contribution in [-0.4, -0.2) is 65.0 Å². The number of nitrogens with zero attached hydrogens (tertiary/aromatic N) is 2. The van der Waals surface area contributed by atoms with Crippen LogP contribution in [-0.2, 0) is 20.8 Å². The summed E-state index contributed by atoms with van der Waals surface area (Å²) in [6.07, 6.45) is 11.7. The van der Waals surface area contributed by atoms with Gasteiger partial charge in [-0.1, -0.05) is 70.6 Å². The molecule has 1 aromatic carbocycles. The van der Waals surface area contributed by atoms with Crippen LogP contribution in [0.3, 0.4) is 0 Å². The largest absolute Gasteiger partial charge is 0.376 e. The van der Waals surface area contributed by atoms with Crippen LogP contribution in [0.15, 0.2) is 36.4 Å². The highest BCUT2D eigenvalue weighted by Gasteiger charge is 2.30. The molecule has 2 fully saturated rings. The van der Waals surface area contributed by atoms with Gasteiger partial charge in [0, 0.05) is 24.8 Å². The topological polar surface area (TPSA) is 124 Å². The van der Waals surface area contributed by atoms with Crippen LogP contribution >= 0.6 is 0 Å². The van der Waals surface area contributed by atoms with Crippen molar-refractivity contribution in [2.24, 2.45) is 0 Å². The Morgan fingerprint density at radius 1 is 0.814 bits per heavy atom. The Balaban J connectivity index is 1.48. The molecule has 4 rings (SSSR count). The first kappa shape index (κ1) is 32.7. The number of carbonyl (C=O) groups is 3. The van der Waals surface area contributed by atoms with Crippen LogP contribution in [0, 0.1) is 0 Å². The molecule has 3 N–H and O–H groups in total. The van der Waals surface area contributed by atoms with E-state index in [1.165, 1.54) is 10.7 Å². The Bertz CT molecular complexity index is 1170. The third kappa shape index (κ3) is 9.89. The van der Waals surface area contributed by atoms with Crippen molar-refractivity contribution in [2.45, 2.75) is 122 Å². The quantitative estimate of drug-likeness (QED) is 0.242. The summed E-state index contributed by atoms with van der Waals surface area (Å²) in [6, 6.07) is 10.2. The number of rotatable bonds is 15. The molecule has 1 aromatic heterocycles. The smallest absolute Gasteiger partial charge is 0.269 e. The maximum atomic E-state index is 13.7. The van der Waals surface area contributed by atoms with Crippen LogP contribution in [0.25, 0.3) is 0 Å². The van der Waals surface area contributed by atoms with Gasteiger partial charge in [-0.2, -0.15) is 5.10 Å². The summed E-state index contributed by atoms with van der Waals surface area (Å²) in [7, 11) is 0. The molecule has 0 aliphatic heterocycles. The molecule has 10 nitrogen and oxygen atoms in total. The van der Waals surface area contributed by atoms with Gasteiger partial charge in [-0.15, -0.1) is 0 Å². The van der Waals surface area contributed by atoms with Crippen LogP contribution in [0.5, 0.6) is 0 Å². The van der Waals surface area contributed by atoms with E-state index in [2.05, 4.69) is 34.9 Å². The molecule has 2 aromatic rings. The number of nitrogens with one attached hydrogen (secondary N) is 3. The fourth-order valence-electron chi connectivity index (χ4n) is 5.87. The van der Waals surface area contributed by atoms with Crippen molar-refractivity contribution < 1.29 is 23.9 Å². The molecule has 2 aliphatic rings. The van der Waals surface area contributed by atoms with Crippen LogP contribution in [0.1, 0.15) is 112 Å². The first-order valence-electron chi connectivity index (χ1n) is 16.3. The van der Waals surface area contributed by atoms with Crippen LogP contribution in [0.2, 0.25) is 0 Å². The van der Waals surface area contributed by atoms with Crippen molar-refractivity contribution in [3.05, 3.63) is 47.7 Å². The zero-order chi connectivity index (χ0) is 30.4. The van der Waals surface area contributed by atoms with Crippen molar-refractivity contribution in [3.8, 4) is 0 Å². The Labute approximate surface area is 255 Å². The molecule has 0 unspecified atom stereocenters. The minimum atomic E-state index is -0.340. The second-order valence-corrected chi connectivity index (χ2v) is 11.7. The van der Waals surface area contributed by atoms with Crippen molar-refractivity contribution in [3.63, 3.8) is 0 Å². The SMILES string of the molecule is CCCCO[C@H]1CCCC[C@@H]1NC(=O)c1cc(NC(=O)c2ccccc2)nn1CC(=O)N[C@@H]1CCCC[C@H]1OCCCC. The standard InChI is InChI=1S/C33H49N5O5/c1-3-5-20-42-28-18-12-10-16-25(28)34-31(39)23-38-27(22-30(37-38)36-32(40)24-14-8-7-9-15-24)33(41)35-26-17-11-13-19-29(26)43-21-6-4-2/h7-9,14-15,22,25-26,28-29H,3-6,10-13,16-21,23H2,1-2H3,(H,34,39)(H,35,41)(H,36,37,40)/t25-,26+,28-,29+/m1/s1. The highest BCUT2D eigenvalue weighted by molar-refractivity contribution is 6.04. The number of hydrogen-bond acceptors (Lipinski definition) is 6. The lowest BCUT2D eigenvalue weighted by molar-refractivity contribution is -0.124. The fourth-order valence-corrected chi connectivity index (χ4v) is 5.87. The lowest BCUT2D eigenvalue weighted by atomic mass is 9.92. The van der Waals surface area contributed by atoms with Crippen LogP contribution in [0.4, 0.5) is 5.82 Å². The minimum absolute atomic E-state index is 0.0127. The molecule has 0 radical (unpaired) electrons. The van der Waals surface area contributed by atoms with Gasteiger partial charge in [0.15, 0.2) is 5.82 Å². The van der Waals surface area contributed by atoms with Gasteiger partial charge in [-0.05, 0) is 50.7 Å². The van der Waals surface area contributed by atoms with E-state index < -0.39 is 0 Å². The summed E-state index contributed by atoms with van der Waals surface area (Å²) in [5, 5.41) is 13.6. The molecule has 3 amide bonds. The maximum absolute atomic E-state index is 13.7. The van der Waals surface area contributed by atoms with E-state index in [1.807, 2.05) is 6.07 Å². The number of hydrogen-bond donors (Lipinski definition) is 3. The highest BCUT2D eigenvalue weighted by atomic mass is 16.5. The van der Waals surface area contributed by atoms with E-state index in [9.17, 15) is 14.4 Å². The molecule has 0 spiro atoms. The van der Waals surface area contributed by atoms with Gasteiger partial charge < -0.3 is 25.4 Å². The number of carbonyl (C=O) groups excluding carboxylic acids is 3. The van der Waals surface area contributed by atoms with E-state index in [4.69, 9.17) is 9.47 Å². The normalized spacial score (nSPS) is 22.1. The second kappa shape index (κ2) is 17.2. The number of aromatic nitrogens is 2. The predicted molar refractivity (Wildman–Crippen MR) is 166 cm³/mol. The van der Waals surface area contributed by atoms with Gasteiger partial charge >= 0.3 is 0 Å². The summed E-state index contributed by atoms with van der Waals surface area (Å²) in [5.41, 5.74) is 0.692. The lowest BCUT2D eigenvalue weighted by Gasteiger charge is -2.32. The lowest BCUT2D eigenvalue weighted by Crippen LogP contribution is -2.48. The summed E-state index contributed by atoms with van der Waals surface area (Å²) in [5.74, 6) is -0.709. The van der Waals surface area contributed by atoms with E-state index in [0.29, 0.717) is 18.8 Å². The summed E-state index contributed by atoms with van der Waals surface area (Å²) < 4.78 is 13.6. The number of ether oxygens (including phenoxy) is 2. The Morgan fingerprint density at radius 2 is 1.40 bits per heavy atom. The average Bonchev–Trinajstić information content (AvgIpc) is 3.41.